The second-order valence-corrected chi connectivity index (χ2v) is 6.37. The third-order valence-corrected chi connectivity index (χ3v) is 4.46. The first-order chi connectivity index (χ1) is 11.6. The summed E-state index contributed by atoms with van der Waals surface area (Å²) >= 11 is 5.89. The summed E-state index contributed by atoms with van der Waals surface area (Å²) in [5.74, 6) is 0.180. The van der Waals surface area contributed by atoms with Crippen LogP contribution in [0.2, 0.25) is 5.02 Å². The molecule has 1 aliphatic carbocycles. The highest BCUT2D eigenvalue weighted by molar-refractivity contribution is 6.30. The Labute approximate surface area is 145 Å². The largest absolute Gasteiger partial charge is 0.383 e. The normalized spacial score (nSPS) is 19.1. The van der Waals surface area contributed by atoms with Gasteiger partial charge in [0.15, 0.2) is 0 Å². The van der Waals surface area contributed by atoms with Gasteiger partial charge in [-0.1, -0.05) is 23.7 Å². The van der Waals surface area contributed by atoms with Crippen molar-refractivity contribution in [3.05, 3.63) is 63.5 Å². The Hall–Kier alpha value is -2.11. The molecule has 1 fully saturated rings. The molecule has 1 aliphatic rings. The van der Waals surface area contributed by atoms with Gasteiger partial charge in [0, 0.05) is 36.9 Å². The van der Waals surface area contributed by atoms with Crippen molar-refractivity contribution in [1.29, 1.82) is 0 Å². The number of nitrogens with zero attached hydrogens (tertiary/aromatic N) is 1. The first kappa shape index (κ1) is 16.7. The number of benzene rings is 1. The molecule has 126 valence electrons. The Morgan fingerprint density at radius 1 is 1.29 bits per heavy atom. The zero-order valence-electron chi connectivity index (χ0n) is 13.4. The lowest BCUT2D eigenvalue weighted by atomic mass is 10.1. The highest BCUT2D eigenvalue weighted by Crippen LogP contribution is 2.48. The van der Waals surface area contributed by atoms with E-state index < -0.39 is 0 Å². The molecular formula is C18H19ClN2O3. The van der Waals surface area contributed by atoms with Gasteiger partial charge in [-0.25, -0.2) is 0 Å². The minimum absolute atomic E-state index is 0.0214. The molecule has 1 aromatic carbocycles. The summed E-state index contributed by atoms with van der Waals surface area (Å²) in [6.45, 7) is 0.897. The van der Waals surface area contributed by atoms with Crippen LogP contribution >= 0.6 is 11.6 Å². The van der Waals surface area contributed by atoms with Gasteiger partial charge in [-0.3, -0.25) is 9.59 Å². The monoisotopic (exact) mass is 346 g/mol. The van der Waals surface area contributed by atoms with Gasteiger partial charge in [0.2, 0.25) is 5.91 Å². The van der Waals surface area contributed by atoms with Gasteiger partial charge in [0.1, 0.15) is 0 Å². The number of pyridine rings is 1. The molecule has 6 heteroatoms. The molecule has 1 saturated carbocycles. The Bertz CT molecular complexity index is 786. The zero-order chi connectivity index (χ0) is 17.1. The number of halogens is 1. The van der Waals surface area contributed by atoms with E-state index in [1.807, 2.05) is 24.3 Å². The van der Waals surface area contributed by atoms with Crippen LogP contribution in [-0.2, 0) is 16.1 Å². The lowest BCUT2D eigenvalue weighted by Gasteiger charge is -2.09. The minimum Gasteiger partial charge on any atom is -0.383 e. The molecule has 1 N–H and O–H groups in total. The van der Waals surface area contributed by atoms with E-state index in [1.165, 1.54) is 10.6 Å². The fraction of sp³-hybridized carbons (Fsp3) is 0.333. The number of anilines is 1. The molecule has 1 aromatic heterocycles. The lowest BCUT2D eigenvalue weighted by molar-refractivity contribution is -0.117. The van der Waals surface area contributed by atoms with E-state index in [4.69, 9.17) is 16.3 Å². The minimum atomic E-state index is -0.115. The summed E-state index contributed by atoms with van der Waals surface area (Å²) in [5.41, 5.74) is 1.64. The molecule has 0 unspecified atom stereocenters. The topological polar surface area (TPSA) is 60.3 Å². The summed E-state index contributed by atoms with van der Waals surface area (Å²) in [5, 5.41) is 3.59. The van der Waals surface area contributed by atoms with Crippen LogP contribution in [0.5, 0.6) is 0 Å². The van der Waals surface area contributed by atoms with Crippen LogP contribution in [0.15, 0.2) is 47.4 Å². The number of rotatable bonds is 6. The van der Waals surface area contributed by atoms with Crippen molar-refractivity contribution < 1.29 is 9.53 Å². The number of nitrogens with one attached hydrogen (secondary N) is 1. The fourth-order valence-electron chi connectivity index (χ4n) is 2.77. The van der Waals surface area contributed by atoms with E-state index in [0.29, 0.717) is 23.9 Å². The van der Waals surface area contributed by atoms with Gasteiger partial charge in [0.25, 0.3) is 5.56 Å². The van der Waals surface area contributed by atoms with Gasteiger partial charge >= 0.3 is 0 Å². The summed E-state index contributed by atoms with van der Waals surface area (Å²) in [4.78, 5) is 24.1. The zero-order valence-corrected chi connectivity index (χ0v) is 14.1. The Morgan fingerprint density at radius 2 is 2.04 bits per heavy atom. The summed E-state index contributed by atoms with van der Waals surface area (Å²) in [6.07, 6.45) is 2.48. The van der Waals surface area contributed by atoms with Crippen LogP contribution in [0.4, 0.5) is 5.69 Å². The average molecular weight is 347 g/mol. The van der Waals surface area contributed by atoms with Crippen molar-refractivity contribution in [1.82, 2.24) is 4.57 Å². The molecule has 2 atom stereocenters. The fourth-order valence-corrected chi connectivity index (χ4v) is 2.89. The van der Waals surface area contributed by atoms with Crippen molar-refractivity contribution in [2.45, 2.75) is 18.9 Å². The maximum Gasteiger partial charge on any atom is 0.250 e. The molecule has 1 amide bonds. The number of aromatic nitrogens is 1. The van der Waals surface area contributed by atoms with Crippen LogP contribution < -0.4 is 10.9 Å². The molecular weight excluding hydrogens is 328 g/mol. The third kappa shape index (κ3) is 3.86. The Balaban J connectivity index is 1.63. The molecule has 0 bridgehead atoms. The third-order valence-electron chi connectivity index (χ3n) is 4.21. The number of carbonyl (C=O) groups excluding carboxylic acids is 1. The second-order valence-electron chi connectivity index (χ2n) is 5.93. The quantitative estimate of drug-likeness (QED) is 0.874. The van der Waals surface area contributed by atoms with E-state index in [-0.39, 0.29) is 23.3 Å². The maximum atomic E-state index is 12.4. The molecule has 0 spiro atoms. The molecule has 2 aromatic rings. The first-order valence-electron chi connectivity index (χ1n) is 7.84. The van der Waals surface area contributed by atoms with Gasteiger partial charge in [-0.05, 0) is 36.1 Å². The van der Waals surface area contributed by atoms with Crippen LogP contribution in [-0.4, -0.2) is 24.2 Å². The molecule has 3 rings (SSSR count). The second kappa shape index (κ2) is 7.20. The van der Waals surface area contributed by atoms with Gasteiger partial charge in [0.05, 0.1) is 12.3 Å². The van der Waals surface area contributed by atoms with Crippen LogP contribution in [0.25, 0.3) is 0 Å². The van der Waals surface area contributed by atoms with E-state index in [0.717, 1.165) is 12.0 Å². The number of carbonyl (C=O) groups is 1. The Morgan fingerprint density at radius 3 is 2.75 bits per heavy atom. The molecule has 1 heterocycles. The van der Waals surface area contributed by atoms with Crippen molar-refractivity contribution in [2.75, 3.05) is 19.0 Å². The van der Waals surface area contributed by atoms with Gasteiger partial charge < -0.3 is 14.6 Å². The molecule has 5 nitrogen and oxygen atoms in total. The predicted molar refractivity (Wildman–Crippen MR) is 93.5 cm³/mol. The number of methoxy groups -OCH3 is 1. The molecule has 0 saturated heterocycles. The van der Waals surface area contributed by atoms with E-state index >= 15 is 0 Å². The van der Waals surface area contributed by atoms with Crippen molar-refractivity contribution >= 4 is 23.2 Å². The Kier molecular flexibility index (Phi) is 5.02. The SMILES string of the molecule is COCCn1cc(NC(=O)[C@H]2C[C@@H]2c2ccc(Cl)cc2)ccc1=O. The smallest absolute Gasteiger partial charge is 0.250 e. The van der Waals surface area contributed by atoms with Crippen molar-refractivity contribution in [3.8, 4) is 0 Å². The standard InChI is InChI=1S/C18H19ClN2O3/c1-24-9-8-21-11-14(6-7-17(21)22)20-18(23)16-10-15(16)12-2-4-13(19)5-3-12/h2-7,11,15-16H,8-10H2,1H3,(H,20,23)/t15-,16+/m1/s1. The first-order valence-corrected chi connectivity index (χ1v) is 8.22. The van der Waals surface area contributed by atoms with Crippen molar-refractivity contribution in [3.63, 3.8) is 0 Å². The summed E-state index contributed by atoms with van der Waals surface area (Å²) in [6, 6.07) is 10.7. The predicted octanol–water partition coefficient (Wildman–Crippen LogP) is 2.89. The molecule has 0 aliphatic heterocycles. The summed E-state index contributed by atoms with van der Waals surface area (Å²) < 4.78 is 6.52. The van der Waals surface area contributed by atoms with E-state index in [2.05, 4.69) is 5.32 Å². The molecule has 0 radical (unpaired) electrons. The van der Waals surface area contributed by atoms with Gasteiger partial charge in [-0.15, -0.1) is 0 Å². The maximum absolute atomic E-state index is 12.4. The highest BCUT2D eigenvalue weighted by atomic mass is 35.5. The number of ether oxygens (including phenoxy) is 1. The van der Waals surface area contributed by atoms with Crippen LogP contribution in [0.1, 0.15) is 17.9 Å². The van der Waals surface area contributed by atoms with Crippen LogP contribution in [0.3, 0.4) is 0 Å². The van der Waals surface area contributed by atoms with Gasteiger partial charge in [-0.2, -0.15) is 0 Å². The van der Waals surface area contributed by atoms with E-state index in [1.54, 1.807) is 19.4 Å². The lowest BCUT2D eigenvalue weighted by Crippen LogP contribution is -2.22. The number of hydrogen-bond acceptors (Lipinski definition) is 3. The number of hydrogen-bond donors (Lipinski definition) is 1. The summed E-state index contributed by atoms with van der Waals surface area (Å²) in [7, 11) is 1.58. The van der Waals surface area contributed by atoms with Crippen LogP contribution in [0, 0.1) is 5.92 Å². The molecule has 24 heavy (non-hydrogen) atoms. The number of amides is 1. The highest BCUT2D eigenvalue weighted by Gasteiger charge is 2.43. The van der Waals surface area contributed by atoms with E-state index in [9.17, 15) is 9.59 Å². The van der Waals surface area contributed by atoms with Crippen molar-refractivity contribution in [2.24, 2.45) is 5.92 Å². The average Bonchev–Trinajstić information content (AvgIpc) is 3.37.